The van der Waals surface area contributed by atoms with Crippen LogP contribution in [0.25, 0.3) is 0 Å². The van der Waals surface area contributed by atoms with E-state index in [2.05, 4.69) is 11.7 Å². The van der Waals surface area contributed by atoms with E-state index in [9.17, 15) is 40.9 Å². The summed E-state index contributed by atoms with van der Waals surface area (Å²) in [5.74, 6) is -1.26. The first-order chi connectivity index (χ1) is 17.0. The number of halogens is 2. The molecule has 4 saturated carbocycles. The van der Waals surface area contributed by atoms with Crippen molar-refractivity contribution in [1.29, 1.82) is 0 Å². The van der Waals surface area contributed by atoms with Crippen molar-refractivity contribution in [3.63, 3.8) is 0 Å². The Morgan fingerprint density at radius 3 is 2.46 bits per heavy atom. The molecule has 4 fully saturated rings. The summed E-state index contributed by atoms with van der Waals surface area (Å²) < 4.78 is 62.6. The van der Waals surface area contributed by atoms with Gasteiger partial charge in [0.25, 0.3) is 0 Å². The van der Waals surface area contributed by atoms with Crippen molar-refractivity contribution in [2.45, 2.75) is 83.8 Å². The molecule has 4 rings (SSSR count). The fraction of sp³-hybridized carbons (Fsp3) is 0.846. The van der Waals surface area contributed by atoms with E-state index in [0.717, 1.165) is 0 Å². The summed E-state index contributed by atoms with van der Waals surface area (Å²) in [6.45, 7) is 4.12. The third-order valence-electron chi connectivity index (χ3n) is 10.5. The average Bonchev–Trinajstić information content (AvgIpc) is 3.16. The van der Waals surface area contributed by atoms with Crippen LogP contribution in [0.5, 0.6) is 0 Å². The quantitative estimate of drug-likeness (QED) is 0.349. The van der Waals surface area contributed by atoms with Crippen LogP contribution in [-0.2, 0) is 34.0 Å². The standard InChI is InChI=1S/C26H36F2O8S/c1-14(4-7-22(32)36-13-26(27,28)37(33,34)35)17-5-6-18-23-19(12-21(31)25(17,18)3)24(2)9-8-16(29)10-15(24)11-20(23)30/h14-15,17-19,23H,4-13H2,1-3H3,(H,33,34,35)/p-1/t14?,15-,17+,18-,19-,23-,24-,25+/m0/s1. The number of rotatable bonds is 7. The first kappa shape index (κ1) is 28.3. The normalized spacial score (nSPS) is 39.0. The van der Waals surface area contributed by atoms with Gasteiger partial charge >= 0.3 is 11.2 Å². The van der Waals surface area contributed by atoms with Crippen molar-refractivity contribution in [3.8, 4) is 0 Å². The van der Waals surface area contributed by atoms with Gasteiger partial charge < -0.3 is 9.29 Å². The molecule has 0 radical (unpaired) electrons. The van der Waals surface area contributed by atoms with E-state index < -0.39 is 33.4 Å². The Bertz CT molecular complexity index is 1100. The molecule has 0 heterocycles. The Morgan fingerprint density at radius 2 is 1.81 bits per heavy atom. The lowest BCUT2D eigenvalue weighted by Gasteiger charge is -2.58. The number of Topliss-reactive ketones (excluding diaryl/α,β-unsaturated/α-hetero) is 3. The number of esters is 1. The fourth-order valence-corrected chi connectivity index (χ4v) is 8.45. The maximum Gasteiger partial charge on any atom is 0.367 e. The van der Waals surface area contributed by atoms with Crippen LogP contribution in [0.4, 0.5) is 8.78 Å². The van der Waals surface area contributed by atoms with Gasteiger partial charge in [0.05, 0.1) is 0 Å². The molecule has 0 aromatic heterocycles. The zero-order valence-electron chi connectivity index (χ0n) is 21.5. The maximum atomic E-state index is 13.8. The highest BCUT2D eigenvalue weighted by Crippen LogP contribution is 2.66. The molecular formula is C26H35F2O8S-. The smallest absolute Gasteiger partial charge is 0.367 e. The van der Waals surface area contributed by atoms with Crippen molar-refractivity contribution >= 4 is 33.4 Å². The Hall–Kier alpha value is -1.75. The van der Waals surface area contributed by atoms with Gasteiger partial charge in [-0.05, 0) is 60.7 Å². The molecule has 0 spiro atoms. The predicted molar refractivity (Wildman–Crippen MR) is 125 cm³/mol. The highest BCUT2D eigenvalue weighted by molar-refractivity contribution is 7.86. The summed E-state index contributed by atoms with van der Waals surface area (Å²) in [4.78, 5) is 51.3. The van der Waals surface area contributed by atoms with E-state index >= 15 is 0 Å². The van der Waals surface area contributed by atoms with Gasteiger partial charge in [0.15, 0.2) is 16.7 Å². The predicted octanol–water partition coefficient (Wildman–Crippen LogP) is 3.67. The molecule has 0 saturated heterocycles. The third kappa shape index (κ3) is 4.68. The van der Waals surface area contributed by atoms with Crippen molar-refractivity contribution in [3.05, 3.63) is 0 Å². The number of hydrogen-bond donors (Lipinski definition) is 0. The van der Waals surface area contributed by atoms with E-state index in [4.69, 9.17) is 0 Å². The van der Waals surface area contributed by atoms with Crippen LogP contribution in [0.15, 0.2) is 0 Å². The van der Waals surface area contributed by atoms with E-state index in [1.54, 1.807) is 0 Å². The van der Waals surface area contributed by atoms with Crippen molar-refractivity contribution in [2.24, 2.45) is 46.3 Å². The molecule has 0 bridgehead atoms. The molecule has 11 heteroatoms. The summed E-state index contributed by atoms with van der Waals surface area (Å²) in [6.07, 6.45) is 3.66. The van der Waals surface area contributed by atoms with E-state index in [1.807, 2.05) is 13.8 Å². The molecule has 1 unspecified atom stereocenters. The topological polar surface area (TPSA) is 135 Å². The lowest BCUT2D eigenvalue weighted by Crippen LogP contribution is -2.60. The van der Waals surface area contributed by atoms with E-state index in [0.29, 0.717) is 44.9 Å². The summed E-state index contributed by atoms with van der Waals surface area (Å²) in [5.41, 5.74) is -0.950. The summed E-state index contributed by atoms with van der Waals surface area (Å²) in [7, 11) is -5.94. The van der Waals surface area contributed by atoms with Crippen molar-refractivity contribution in [2.75, 3.05) is 6.61 Å². The first-order valence-electron chi connectivity index (χ1n) is 13.1. The van der Waals surface area contributed by atoms with E-state index in [-0.39, 0.29) is 71.1 Å². The second-order valence-corrected chi connectivity index (χ2v) is 13.7. The molecule has 0 aromatic carbocycles. The Balaban J connectivity index is 1.44. The SMILES string of the molecule is CC(CCC(=O)OCC(F)(F)S(=O)(=O)[O-])[C@H]1CC[C@H]2[C@@H]3C(=O)C[C@@H]4CC(=O)CC[C@]4(C)[C@H]3CC(=O)[C@]12C. The average molecular weight is 546 g/mol. The molecule has 0 N–H and O–H groups in total. The molecule has 208 valence electrons. The highest BCUT2D eigenvalue weighted by Gasteiger charge is 2.66. The van der Waals surface area contributed by atoms with Crippen LogP contribution >= 0.6 is 0 Å². The van der Waals surface area contributed by atoms with Crippen LogP contribution in [0.3, 0.4) is 0 Å². The number of ether oxygens (including phenoxy) is 1. The highest BCUT2D eigenvalue weighted by atomic mass is 32.2. The molecule has 37 heavy (non-hydrogen) atoms. The molecule has 8 atom stereocenters. The number of carbonyl (C=O) groups excluding carboxylic acids is 4. The molecule has 0 amide bonds. The van der Waals surface area contributed by atoms with Crippen LogP contribution in [0.2, 0.25) is 0 Å². The van der Waals surface area contributed by atoms with Crippen LogP contribution < -0.4 is 0 Å². The van der Waals surface area contributed by atoms with Gasteiger partial charge in [-0.25, -0.2) is 8.42 Å². The van der Waals surface area contributed by atoms with Gasteiger partial charge in [-0.2, -0.15) is 8.78 Å². The molecule has 8 nitrogen and oxygen atoms in total. The van der Waals surface area contributed by atoms with Crippen LogP contribution in [0, 0.1) is 46.3 Å². The minimum absolute atomic E-state index is 0.00854. The maximum absolute atomic E-state index is 13.8. The Morgan fingerprint density at radius 1 is 1.14 bits per heavy atom. The summed E-state index contributed by atoms with van der Waals surface area (Å²) >= 11 is 0. The number of carbonyl (C=O) groups is 4. The largest absolute Gasteiger partial charge is 0.743 e. The number of fused-ring (bicyclic) bond motifs is 5. The van der Waals surface area contributed by atoms with Crippen molar-refractivity contribution in [1.82, 2.24) is 0 Å². The zero-order chi connectivity index (χ0) is 27.6. The molecular weight excluding hydrogens is 510 g/mol. The zero-order valence-corrected chi connectivity index (χ0v) is 22.3. The van der Waals surface area contributed by atoms with E-state index in [1.165, 1.54) is 0 Å². The lowest BCUT2D eigenvalue weighted by molar-refractivity contribution is -0.166. The summed E-state index contributed by atoms with van der Waals surface area (Å²) in [5, 5.41) is -4.70. The van der Waals surface area contributed by atoms with Crippen LogP contribution in [0.1, 0.15) is 78.6 Å². The molecule has 4 aliphatic rings. The van der Waals surface area contributed by atoms with Gasteiger partial charge in [-0.3, -0.25) is 19.2 Å². The molecule has 0 aliphatic heterocycles. The van der Waals surface area contributed by atoms with Crippen LogP contribution in [-0.4, -0.2) is 48.2 Å². The van der Waals surface area contributed by atoms with Gasteiger partial charge in [0.1, 0.15) is 17.3 Å². The van der Waals surface area contributed by atoms with Gasteiger partial charge in [-0.1, -0.05) is 20.8 Å². The first-order valence-corrected chi connectivity index (χ1v) is 14.5. The lowest BCUT2D eigenvalue weighted by atomic mass is 9.44. The molecule has 0 aromatic rings. The second-order valence-electron chi connectivity index (χ2n) is 12.2. The third-order valence-corrected chi connectivity index (χ3v) is 11.3. The van der Waals surface area contributed by atoms with Gasteiger partial charge in [0, 0.05) is 43.4 Å². The number of ketones is 3. The summed E-state index contributed by atoms with van der Waals surface area (Å²) in [6, 6.07) is 0. The number of alkyl halides is 2. The Kier molecular flexibility index (Phi) is 7.23. The second kappa shape index (κ2) is 9.47. The monoisotopic (exact) mass is 545 g/mol. The minimum atomic E-state index is -5.94. The Labute approximate surface area is 216 Å². The fourth-order valence-electron chi connectivity index (χ4n) is 8.25. The van der Waals surface area contributed by atoms with Gasteiger partial charge in [0.2, 0.25) is 0 Å². The van der Waals surface area contributed by atoms with Crippen molar-refractivity contribution < 1.29 is 45.7 Å². The minimum Gasteiger partial charge on any atom is -0.743 e. The van der Waals surface area contributed by atoms with Gasteiger partial charge in [-0.15, -0.1) is 0 Å². The number of hydrogen-bond acceptors (Lipinski definition) is 8. The molecule has 4 aliphatic carbocycles.